The van der Waals surface area contributed by atoms with E-state index in [-0.39, 0.29) is 12.2 Å². The summed E-state index contributed by atoms with van der Waals surface area (Å²) < 4.78 is 18.3. The first-order valence-corrected chi connectivity index (χ1v) is 7.06. The van der Waals surface area contributed by atoms with E-state index < -0.39 is 28.2 Å². The van der Waals surface area contributed by atoms with E-state index >= 15 is 0 Å². The van der Waals surface area contributed by atoms with Crippen LogP contribution in [0.1, 0.15) is 5.56 Å². The molecule has 0 unspecified atom stereocenters. The van der Waals surface area contributed by atoms with Crippen LogP contribution in [0.3, 0.4) is 0 Å². The molecular weight excluding hydrogens is 333 g/mol. The number of methoxy groups -OCH3 is 1. The highest BCUT2D eigenvalue weighted by atomic mass is 19.1. The van der Waals surface area contributed by atoms with Crippen molar-refractivity contribution in [1.29, 1.82) is 0 Å². The lowest BCUT2D eigenvalue weighted by atomic mass is 10.2. The number of carbonyl (C=O) groups excluding carboxylic acids is 2. The summed E-state index contributed by atoms with van der Waals surface area (Å²) in [5.74, 6) is -2.39. The third-order valence-electron chi connectivity index (χ3n) is 3.19. The Labute approximate surface area is 141 Å². The minimum atomic E-state index is -1.04. The Morgan fingerprint density at radius 1 is 1.20 bits per heavy atom. The van der Waals surface area contributed by atoms with Crippen molar-refractivity contribution in [3.8, 4) is 5.75 Å². The number of hydrogen-bond donors (Lipinski definition) is 2. The van der Waals surface area contributed by atoms with Crippen LogP contribution in [-0.4, -0.2) is 23.8 Å². The topological polar surface area (TPSA) is 111 Å². The second kappa shape index (κ2) is 7.86. The average Bonchev–Trinajstić information content (AvgIpc) is 2.61. The SMILES string of the molecule is COc1cccc(CNC(=O)C(=O)Nc2ccc(F)c([N+](=O)[O-])c2)c1. The number of carbonyl (C=O) groups is 2. The molecule has 0 saturated carbocycles. The van der Waals surface area contributed by atoms with E-state index in [4.69, 9.17) is 4.74 Å². The molecule has 2 aromatic rings. The lowest BCUT2D eigenvalue weighted by Crippen LogP contribution is -2.34. The molecule has 130 valence electrons. The maximum absolute atomic E-state index is 13.2. The fraction of sp³-hybridized carbons (Fsp3) is 0.125. The number of nitro benzene ring substituents is 1. The van der Waals surface area contributed by atoms with E-state index in [1.54, 1.807) is 24.3 Å². The Bertz CT molecular complexity index is 825. The fourth-order valence-corrected chi connectivity index (χ4v) is 1.96. The molecule has 2 N–H and O–H groups in total. The molecule has 9 heteroatoms. The lowest BCUT2D eigenvalue weighted by molar-refractivity contribution is -0.387. The molecule has 0 aliphatic rings. The second-order valence-electron chi connectivity index (χ2n) is 4.91. The van der Waals surface area contributed by atoms with Gasteiger partial charge in [-0.2, -0.15) is 4.39 Å². The van der Waals surface area contributed by atoms with Crippen LogP contribution in [0, 0.1) is 15.9 Å². The van der Waals surface area contributed by atoms with Crippen molar-refractivity contribution < 1.29 is 23.6 Å². The minimum Gasteiger partial charge on any atom is -0.497 e. The van der Waals surface area contributed by atoms with Crippen LogP contribution in [0.25, 0.3) is 0 Å². The van der Waals surface area contributed by atoms with Crippen molar-refractivity contribution >= 4 is 23.2 Å². The number of halogens is 1. The van der Waals surface area contributed by atoms with Crippen LogP contribution in [-0.2, 0) is 16.1 Å². The summed E-state index contributed by atoms with van der Waals surface area (Å²) in [6.45, 7) is 0.0903. The molecule has 0 aromatic heterocycles. The third kappa shape index (κ3) is 4.74. The summed E-state index contributed by atoms with van der Waals surface area (Å²) in [6, 6.07) is 9.70. The maximum atomic E-state index is 13.2. The standard InChI is InChI=1S/C16H14FN3O5/c1-25-12-4-2-3-10(7-12)9-18-15(21)16(22)19-11-5-6-13(17)14(8-11)20(23)24/h2-8H,9H2,1H3,(H,18,21)(H,19,22). The van der Waals surface area contributed by atoms with Crippen LogP contribution in [0.5, 0.6) is 5.75 Å². The highest BCUT2D eigenvalue weighted by Gasteiger charge is 2.18. The van der Waals surface area contributed by atoms with Gasteiger partial charge in [0, 0.05) is 18.3 Å². The van der Waals surface area contributed by atoms with Crippen molar-refractivity contribution in [2.45, 2.75) is 6.54 Å². The quantitative estimate of drug-likeness (QED) is 0.488. The number of hydrogen-bond acceptors (Lipinski definition) is 5. The molecular formula is C16H14FN3O5. The van der Waals surface area contributed by atoms with Gasteiger partial charge in [-0.3, -0.25) is 19.7 Å². The van der Waals surface area contributed by atoms with Crippen molar-refractivity contribution in [2.75, 3.05) is 12.4 Å². The van der Waals surface area contributed by atoms with Gasteiger partial charge in [0.1, 0.15) is 5.75 Å². The minimum absolute atomic E-state index is 0.0605. The Kier molecular flexibility index (Phi) is 5.62. The van der Waals surface area contributed by atoms with Gasteiger partial charge in [-0.15, -0.1) is 0 Å². The van der Waals surface area contributed by atoms with E-state index in [1.807, 2.05) is 0 Å². The smallest absolute Gasteiger partial charge is 0.313 e. The number of rotatable bonds is 5. The molecule has 2 rings (SSSR count). The normalized spacial score (nSPS) is 10.0. The van der Waals surface area contributed by atoms with Crippen LogP contribution in [0.15, 0.2) is 42.5 Å². The Morgan fingerprint density at radius 2 is 1.96 bits per heavy atom. The second-order valence-corrected chi connectivity index (χ2v) is 4.91. The zero-order valence-electron chi connectivity index (χ0n) is 13.1. The van der Waals surface area contributed by atoms with Crippen molar-refractivity contribution in [1.82, 2.24) is 5.32 Å². The molecule has 8 nitrogen and oxygen atoms in total. The van der Waals surface area contributed by atoms with Crippen LogP contribution >= 0.6 is 0 Å². The molecule has 0 aliphatic heterocycles. The van der Waals surface area contributed by atoms with E-state index in [1.165, 1.54) is 7.11 Å². The molecule has 25 heavy (non-hydrogen) atoms. The molecule has 0 aliphatic carbocycles. The highest BCUT2D eigenvalue weighted by Crippen LogP contribution is 2.21. The van der Waals surface area contributed by atoms with Crippen molar-refractivity contribution in [2.24, 2.45) is 0 Å². The molecule has 0 atom stereocenters. The fourth-order valence-electron chi connectivity index (χ4n) is 1.96. The number of nitrogens with zero attached hydrogens (tertiary/aromatic N) is 1. The van der Waals surface area contributed by atoms with E-state index in [9.17, 15) is 24.1 Å². The molecule has 2 amide bonds. The van der Waals surface area contributed by atoms with E-state index in [0.717, 1.165) is 23.8 Å². The summed E-state index contributed by atoms with van der Waals surface area (Å²) >= 11 is 0. The molecule has 0 heterocycles. The summed E-state index contributed by atoms with van der Waals surface area (Å²) in [4.78, 5) is 33.4. The number of amides is 2. The lowest BCUT2D eigenvalue weighted by Gasteiger charge is -2.08. The monoisotopic (exact) mass is 347 g/mol. The maximum Gasteiger partial charge on any atom is 0.313 e. The number of anilines is 1. The van der Waals surface area contributed by atoms with Crippen LogP contribution in [0.4, 0.5) is 15.8 Å². The molecule has 0 radical (unpaired) electrons. The van der Waals surface area contributed by atoms with Crippen molar-refractivity contribution in [3.63, 3.8) is 0 Å². The van der Waals surface area contributed by atoms with Gasteiger partial charge in [0.15, 0.2) is 0 Å². The summed E-state index contributed by atoms with van der Waals surface area (Å²) in [7, 11) is 1.51. The summed E-state index contributed by atoms with van der Waals surface area (Å²) in [5, 5.41) is 15.2. The molecule has 0 saturated heterocycles. The van der Waals surface area contributed by atoms with Crippen molar-refractivity contribution in [3.05, 3.63) is 64.0 Å². The molecule has 0 fully saturated rings. The number of benzene rings is 2. The van der Waals surface area contributed by atoms with Gasteiger partial charge in [0.25, 0.3) is 0 Å². The molecule has 2 aromatic carbocycles. The van der Waals surface area contributed by atoms with Crippen LogP contribution in [0.2, 0.25) is 0 Å². The van der Waals surface area contributed by atoms with Gasteiger partial charge < -0.3 is 15.4 Å². The van der Waals surface area contributed by atoms with E-state index in [0.29, 0.717) is 5.75 Å². The highest BCUT2D eigenvalue weighted by molar-refractivity contribution is 6.39. The number of ether oxygens (including phenoxy) is 1. The number of nitro groups is 1. The van der Waals surface area contributed by atoms with Gasteiger partial charge in [-0.05, 0) is 29.8 Å². The average molecular weight is 347 g/mol. The zero-order chi connectivity index (χ0) is 18.4. The van der Waals surface area contributed by atoms with Crippen LogP contribution < -0.4 is 15.4 Å². The zero-order valence-corrected chi connectivity index (χ0v) is 13.1. The molecule has 0 bridgehead atoms. The predicted octanol–water partition coefficient (Wildman–Crippen LogP) is 2.00. The van der Waals surface area contributed by atoms with Gasteiger partial charge in [-0.25, -0.2) is 0 Å². The molecule has 0 spiro atoms. The third-order valence-corrected chi connectivity index (χ3v) is 3.19. The van der Waals surface area contributed by atoms with E-state index in [2.05, 4.69) is 10.6 Å². The Hall–Kier alpha value is -3.49. The summed E-state index contributed by atoms with van der Waals surface area (Å²) in [6.07, 6.45) is 0. The largest absolute Gasteiger partial charge is 0.497 e. The van der Waals surface area contributed by atoms with Gasteiger partial charge >= 0.3 is 17.5 Å². The van der Waals surface area contributed by atoms with Gasteiger partial charge in [0.05, 0.1) is 12.0 Å². The predicted molar refractivity (Wildman–Crippen MR) is 86.5 cm³/mol. The first-order chi connectivity index (χ1) is 11.9. The Morgan fingerprint density at radius 3 is 2.64 bits per heavy atom. The number of nitrogens with one attached hydrogen (secondary N) is 2. The van der Waals surface area contributed by atoms with Gasteiger partial charge in [0.2, 0.25) is 5.82 Å². The first kappa shape index (κ1) is 17.9. The Balaban J connectivity index is 1.97. The van der Waals surface area contributed by atoms with Gasteiger partial charge in [-0.1, -0.05) is 12.1 Å². The first-order valence-electron chi connectivity index (χ1n) is 7.06. The summed E-state index contributed by atoms with van der Waals surface area (Å²) in [5.41, 5.74) is -0.137.